The lowest BCUT2D eigenvalue weighted by Gasteiger charge is -2.45. The van der Waals surface area contributed by atoms with Gasteiger partial charge in [0.05, 0.1) is 18.4 Å². The van der Waals surface area contributed by atoms with Crippen LogP contribution >= 0.6 is 11.8 Å². The third-order valence-electron chi connectivity index (χ3n) is 8.37. The van der Waals surface area contributed by atoms with Gasteiger partial charge in [0.15, 0.2) is 17.5 Å². The highest BCUT2D eigenvalue weighted by molar-refractivity contribution is 8.01. The summed E-state index contributed by atoms with van der Waals surface area (Å²) in [5, 5.41) is 50.6. The minimum Gasteiger partial charge on any atom is -0.394 e. The number of ether oxygens (including phenoxy) is 1. The smallest absolute Gasteiger partial charge is 0.238 e. The average molecular weight is 587 g/mol. The monoisotopic (exact) mass is 586 g/mol. The van der Waals surface area contributed by atoms with E-state index in [1.54, 1.807) is 11.9 Å². The maximum atomic E-state index is 13.8. The normalized spacial score (nSPS) is 29.2. The fourth-order valence-electron chi connectivity index (χ4n) is 5.69. The molecule has 3 aliphatic rings. The third-order valence-corrected chi connectivity index (χ3v) is 9.94. The van der Waals surface area contributed by atoms with Gasteiger partial charge in [-0.3, -0.25) is 4.79 Å². The van der Waals surface area contributed by atoms with E-state index in [4.69, 9.17) is 4.74 Å². The summed E-state index contributed by atoms with van der Waals surface area (Å²) in [6.45, 7) is -0.623. The highest BCUT2D eigenvalue weighted by atomic mass is 32.2. The van der Waals surface area contributed by atoms with Gasteiger partial charge in [0, 0.05) is 18.7 Å². The van der Waals surface area contributed by atoms with Gasteiger partial charge in [0.25, 0.3) is 0 Å². The average Bonchev–Trinajstić information content (AvgIpc) is 3.55. The van der Waals surface area contributed by atoms with Crippen LogP contribution in [0.25, 0.3) is 11.3 Å². The second-order valence-corrected chi connectivity index (χ2v) is 12.1. The van der Waals surface area contributed by atoms with Crippen LogP contribution in [0.3, 0.4) is 0 Å². The fourth-order valence-corrected chi connectivity index (χ4v) is 7.26. The molecule has 1 aromatic heterocycles. The Kier molecular flexibility index (Phi) is 8.47. The van der Waals surface area contributed by atoms with Crippen molar-refractivity contribution in [3.05, 3.63) is 35.8 Å². The number of hydrogen-bond donors (Lipinski definition) is 4. The topological polar surface area (TPSA) is 141 Å². The van der Waals surface area contributed by atoms with E-state index in [0.717, 1.165) is 60.7 Å². The zero-order chi connectivity index (χ0) is 28.8. The second-order valence-electron chi connectivity index (χ2n) is 10.9. The SMILES string of the molecule is CN(C(=O)C(S[C@@H]1O[C@H](CO)[C@H](O)[C@H](n2cc(-c3cc(F)c(F)c(F)c3)nn2)[C@H]1O)C1(O)CCCC1)C1CCC1. The number of aliphatic hydroxyl groups excluding tert-OH is 3. The Morgan fingerprint density at radius 2 is 1.82 bits per heavy atom. The first-order valence-corrected chi connectivity index (χ1v) is 14.3. The number of rotatable bonds is 8. The number of halogens is 3. The van der Waals surface area contributed by atoms with E-state index in [-0.39, 0.29) is 23.2 Å². The molecule has 1 aliphatic heterocycles. The summed E-state index contributed by atoms with van der Waals surface area (Å²) in [5.41, 5.74) is -2.65. The van der Waals surface area contributed by atoms with Crippen LogP contribution in [0, 0.1) is 17.5 Å². The van der Waals surface area contributed by atoms with Crippen LogP contribution in [0.4, 0.5) is 13.2 Å². The number of aromatic nitrogens is 3. The molecule has 0 bridgehead atoms. The van der Waals surface area contributed by atoms with Gasteiger partial charge in [-0.15, -0.1) is 16.9 Å². The summed E-state index contributed by atoms with van der Waals surface area (Å²) >= 11 is 0.949. The molecule has 40 heavy (non-hydrogen) atoms. The number of benzene rings is 1. The van der Waals surface area contributed by atoms with E-state index < -0.39 is 64.7 Å². The Labute approximate surface area is 233 Å². The number of amides is 1. The first-order valence-electron chi connectivity index (χ1n) is 13.4. The molecule has 1 aromatic carbocycles. The summed E-state index contributed by atoms with van der Waals surface area (Å²) in [6.07, 6.45) is 2.14. The lowest BCUT2D eigenvalue weighted by molar-refractivity contribution is -0.179. The molecule has 1 unspecified atom stereocenters. The molecule has 4 N–H and O–H groups in total. The van der Waals surface area contributed by atoms with E-state index in [2.05, 4.69) is 10.3 Å². The molecule has 2 saturated carbocycles. The van der Waals surface area contributed by atoms with Crippen LogP contribution in [-0.2, 0) is 9.53 Å². The van der Waals surface area contributed by atoms with Crippen molar-refractivity contribution in [3.8, 4) is 11.3 Å². The van der Waals surface area contributed by atoms with Crippen molar-refractivity contribution in [1.82, 2.24) is 19.9 Å². The second kappa shape index (κ2) is 11.6. The molecule has 3 fully saturated rings. The Bertz CT molecular complexity index is 1200. The molecule has 14 heteroatoms. The van der Waals surface area contributed by atoms with Crippen molar-refractivity contribution in [1.29, 1.82) is 0 Å². The van der Waals surface area contributed by atoms with Gasteiger partial charge >= 0.3 is 0 Å². The summed E-state index contributed by atoms with van der Waals surface area (Å²) in [7, 11) is 1.71. The van der Waals surface area contributed by atoms with Gasteiger partial charge in [0.1, 0.15) is 40.7 Å². The maximum absolute atomic E-state index is 13.8. The summed E-state index contributed by atoms with van der Waals surface area (Å²) < 4.78 is 47.9. The number of nitrogens with zero attached hydrogens (tertiary/aromatic N) is 4. The van der Waals surface area contributed by atoms with E-state index in [1.165, 1.54) is 6.20 Å². The van der Waals surface area contributed by atoms with Crippen LogP contribution in [0.5, 0.6) is 0 Å². The first kappa shape index (κ1) is 29.3. The van der Waals surface area contributed by atoms with Crippen LogP contribution < -0.4 is 0 Å². The van der Waals surface area contributed by atoms with Crippen LogP contribution in [0.1, 0.15) is 51.0 Å². The molecule has 2 heterocycles. The highest BCUT2D eigenvalue weighted by Crippen LogP contribution is 2.45. The Balaban J connectivity index is 1.43. The molecular weight excluding hydrogens is 553 g/mol. The molecule has 5 rings (SSSR count). The predicted octanol–water partition coefficient (Wildman–Crippen LogP) is 1.76. The fraction of sp³-hybridized carbons (Fsp3) is 0.654. The molecule has 0 spiro atoms. The zero-order valence-corrected chi connectivity index (χ0v) is 22.7. The van der Waals surface area contributed by atoms with E-state index in [1.807, 2.05) is 0 Å². The van der Waals surface area contributed by atoms with Crippen LogP contribution in [0.15, 0.2) is 18.3 Å². The first-order chi connectivity index (χ1) is 19.0. The Morgan fingerprint density at radius 1 is 1.18 bits per heavy atom. The molecule has 2 aromatic rings. The predicted molar refractivity (Wildman–Crippen MR) is 137 cm³/mol. The van der Waals surface area contributed by atoms with Crippen molar-refractivity contribution >= 4 is 17.7 Å². The molecule has 6 atom stereocenters. The standard InChI is InChI=1S/C26H33F3N4O6S/c1-32(14-5-4-6-14)24(37)23(26(38)7-2-3-8-26)40-25-22(36)20(21(35)18(12-34)39-25)33-11-17(30-31-33)13-9-15(27)19(29)16(28)10-13/h9-11,14,18,20-23,25,34-36,38H,2-8,12H2,1H3/t18-,20+,21+,22-,23?,25+/m1/s1. The quantitative estimate of drug-likeness (QED) is 0.341. The lowest BCUT2D eigenvalue weighted by atomic mass is 9.90. The summed E-state index contributed by atoms with van der Waals surface area (Å²) in [5.74, 6) is -4.74. The summed E-state index contributed by atoms with van der Waals surface area (Å²) in [4.78, 5) is 15.3. The van der Waals surface area contributed by atoms with Crippen LogP contribution in [0.2, 0.25) is 0 Å². The third kappa shape index (κ3) is 5.37. The van der Waals surface area contributed by atoms with Crippen LogP contribution in [-0.4, -0.2) is 101 Å². The van der Waals surface area contributed by atoms with E-state index in [0.29, 0.717) is 12.8 Å². The minimum atomic E-state index is -1.63. The lowest BCUT2D eigenvalue weighted by Crippen LogP contribution is -2.58. The van der Waals surface area contributed by atoms with Gasteiger partial charge in [-0.25, -0.2) is 17.9 Å². The molecule has 1 saturated heterocycles. The van der Waals surface area contributed by atoms with Crippen molar-refractivity contribution in [3.63, 3.8) is 0 Å². The molecule has 2 aliphatic carbocycles. The minimum absolute atomic E-state index is 0.0520. The van der Waals surface area contributed by atoms with Gasteiger partial charge in [-0.05, 0) is 44.2 Å². The molecule has 10 nitrogen and oxygen atoms in total. The number of carbonyl (C=O) groups excluding carboxylic acids is 1. The molecule has 220 valence electrons. The van der Waals surface area contributed by atoms with Gasteiger partial charge in [0.2, 0.25) is 5.91 Å². The maximum Gasteiger partial charge on any atom is 0.238 e. The number of aliphatic hydroxyl groups is 4. The Hall–Kier alpha value is -2.23. The molecular formula is C26H33F3N4O6S. The van der Waals surface area contributed by atoms with Gasteiger partial charge < -0.3 is 30.1 Å². The van der Waals surface area contributed by atoms with Crippen molar-refractivity contribution < 1.29 is 43.1 Å². The van der Waals surface area contributed by atoms with Crippen molar-refractivity contribution in [2.45, 2.75) is 91.6 Å². The summed E-state index contributed by atoms with van der Waals surface area (Å²) in [6, 6.07) is 0.330. The van der Waals surface area contributed by atoms with Gasteiger partial charge in [-0.2, -0.15) is 0 Å². The number of carbonyl (C=O) groups is 1. The highest BCUT2D eigenvalue weighted by Gasteiger charge is 2.52. The van der Waals surface area contributed by atoms with E-state index in [9.17, 15) is 38.4 Å². The van der Waals surface area contributed by atoms with E-state index >= 15 is 0 Å². The van der Waals surface area contributed by atoms with Gasteiger partial charge in [-0.1, -0.05) is 18.1 Å². The van der Waals surface area contributed by atoms with Crippen molar-refractivity contribution in [2.75, 3.05) is 13.7 Å². The molecule has 0 radical (unpaired) electrons. The number of thioether (sulfide) groups is 1. The Morgan fingerprint density at radius 3 is 2.40 bits per heavy atom. The largest absolute Gasteiger partial charge is 0.394 e. The number of hydrogen-bond acceptors (Lipinski definition) is 9. The molecule has 1 amide bonds. The zero-order valence-electron chi connectivity index (χ0n) is 21.9. The van der Waals surface area contributed by atoms with Crippen molar-refractivity contribution in [2.24, 2.45) is 0 Å².